The standard InChI is InChI=1S/C22H22N2O3S/c1-2-27-21(25)12-7-15-5-8-16(9-6-15)22(26)24-19-14-17(10-11-18(19)23)20-4-3-13-28-20/h3-6,8-11,13-14H,2,7,12,23H2,1H3,(H,24,26). The van der Waals surface area contributed by atoms with Gasteiger partial charge in [-0.05, 0) is 60.2 Å². The molecular weight excluding hydrogens is 372 g/mol. The molecule has 0 unspecified atom stereocenters. The number of aryl methyl sites for hydroxylation is 1. The third-order valence-electron chi connectivity index (χ3n) is 4.25. The van der Waals surface area contributed by atoms with Crippen LogP contribution in [0.2, 0.25) is 0 Å². The van der Waals surface area contributed by atoms with E-state index in [0.29, 0.717) is 36.4 Å². The normalized spacial score (nSPS) is 10.5. The van der Waals surface area contributed by atoms with Crippen molar-refractivity contribution < 1.29 is 14.3 Å². The van der Waals surface area contributed by atoms with Crippen LogP contribution in [-0.2, 0) is 16.0 Å². The van der Waals surface area contributed by atoms with Crippen molar-refractivity contribution in [3.8, 4) is 10.4 Å². The zero-order valence-electron chi connectivity index (χ0n) is 15.6. The number of carbonyl (C=O) groups excluding carboxylic acids is 2. The van der Waals surface area contributed by atoms with Gasteiger partial charge in [0.25, 0.3) is 5.91 Å². The molecule has 0 spiro atoms. The van der Waals surface area contributed by atoms with Crippen LogP contribution in [0, 0.1) is 0 Å². The number of nitrogens with one attached hydrogen (secondary N) is 1. The van der Waals surface area contributed by atoms with Gasteiger partial charge < -0.3 is 15.8 Å². The number of ether oxygens (including phenoxy) is 1. The van der Waals surface area contributed by atoms with Gasteiger partial charge in [0.05, 0.1) is 18.0 Å². The van der Waals surface area contributed by atoms with Crippen molar-refractivity contribution in [3.63, 3.8) is 0 Å². The zero-order valence-corrected chi connectivity index (χ0v) is 16.4. The first-order valence-electron chi connectivity index (χ1n) is 9.06. The molecule has 0 fully saturated rings. The van der Waals surface area contributed by atoms with E-state index in [4.69, 9.17) is 10.5 Å². The minimum atomic E-state index is -0.230. The Hall–Kier alpha value is -3.12. The second-order valence-corrected chi connectivity index (χ2v) is 7.18. The van der Waals surface area contributed by atoms with Crippen LogP contribution < -0.4 is 11.1 Å². The third-order valence-corrected chi connectivity index (χ3v) is 5.17. The molecule has 5 nitrogen and oxygen atoms in total. The van der Waals surface area contributed by atoms with Crippen LogP contribution in [0.25, 0.3) is 10.4 Å². The molecule has 1 aromatic heterocycles. The van der Waals surface area contributed by atoms with Crippen LogP contribution in [0.1, 0.15) is 29.3 Å². The molecule has 0 saturated carbocycles. The van der Waals surface area contributed by atoms with E-state index in [-0.39, 0.29) is 11.9 Å². The maximum Gasteiger partial charge on any atom is 0.306 e. The van der Waals surface area contributed by atoms with E-state index in [1.165, 1.54) is 0 Å². The van der Waals surface area contributed by atoms with Gasteiger partial charge in [-0.25, -0.2) is 0 Å². The van der Waals surface area contributed by atoms with Crippen molar-refractivity contribution in [2.75, 3.05) is 17.7 Å². The summed E-state index contributed by atoms with van der Waals surface area (Å²) in [6.45, 7) is 2.17. The fourth-order valence-corrected chi connectivity index (χ4v) is 3.48. The number of benzene rings is 2. The van der Waals surface area contributed by atoms with Gasteiger partial charge in [-0.3, -0.25) is 9.59 Å². The Bertz CT molecular complexity index is 950. The lowest BCUT2D eigenvalue weighted by molar-refractivity contribution is -0.143. The molecule has 0 bridgehead atoms. The number of nitrogen functional groups attached to an aromatic ring is 1. The van der Waals surface area contributed by atoms with E-state index in [0.717, 1.165) is 16.0 Å². The predicted molar refractivity (Wildman–Crippen MR) is 114 cm³/mol. The van der Waals surface area contributed by atoms with Gasteiger partial charge >= 0.3 is 5.97 Å². The molecule has 2 aromatic carbocycles. The Morgan fingerprint density at radius 3 is 2.57 bits per heavy atom. The highest BCUT2D eigenvalue weighted by Gasteiger charge is 2.10. The number of carbonyl (C=O) groups is 2. The van der Waals surface area contributed by atoms with Gasteiger partial charge in [-0.15, -0.1) is 11.3 Å². The topological polar surface area (TPSA) is 81.4 Å². The number of hydrogen-bond acceptors (Lipinski definition) is 5. The van der Waals surface area contributed by atoms with E-state index < -0.39 is 0 Å². The molecule has 3 aromatic rings. The largest absolute Gasteiger partial charge is 0.466 e. The Labute approximate surface area is 168 Å². The van der Waals surface area contributed by atoms with Gasteiger partial charge in [0, 0.05) is 16.9 Å². The van der Waals surface area contributed by atoms with Gasteiger partial charge in [-0.2, -0.15) is 0 Å². The highest BCUT2D eigenvalue weighted by Crippen LogP contribution is 2.30. The number of amides is 1. The molecule has 0 radical (unpaired) electrons. The highest BCUT2D eigenvalue weighted by atomic mass is 32.1. The predicted octanol–water partition coefficient (Wildman–Crippen LogP) is 4.75. The quantitative estimate of drug-likeness (QED) is 0.448. The van der Waals surface area contributed by atoms with E-state index >= 15 is 0 Å². The van der Waals surface area contributed by atoms with Crippen LogP contribution in [0.3, 0.4) is 0 Å². The van der Waals surface area contributed by atoms with E-state index in [1.54, 1.807) is 36.5 Å². The summed E-state index contributed by atoms with van der Waals surface area (Å²) in [5.74, 6) is -0.447. The number of hydrogen-bond donors (Lipinski definition) is 2. The zero-order chi connectivity index (χ0) is 19.9. The average molecular weight is 394 g/mol. The molecule has 6 heteroatoms. The lowest BCUT2D eigenvalue weighted by Crippen LogP contribution is -2.13. The molecule has 3 rings (SSSR count). The second-order valence-electron chi connectivity index (χ2n) is 6.24. The summed E-state index contributed by atoms with van der Waals surface area (Å²) in [5, 5.41) is 4.89. The molecule has 0 aliphatic rings. The van der Waals surface area contributed by atoms with Crippen LogP contribution >= 0.6 is 11.3 Å². The van der Waals surface area contributed by atoms with Gasteiger partial charge in [0.2, 0.25) is 0 Å². The first-order chi connectivity index (χ1) is 13.6. The lowest BCUT2D eigenvalue weighted by Gasteiger charge is -2.10. The fraction of sp³-hybridized carbons (Fsp3) is 0.182. The van der Waals surface area contributed by atoms with Crippen LogP contribution in [0.15, 0.2) is 60.0 Å². The van der Waals surface area contributed by atoms with Crippen molar-refractivity contribution in [3.05, 3.63) is 71.1 Å². The number of thiophene rings is 1. The molecule has 144 valence electrons. The van der Waals surface area contributed by atoms with E-state index in [2.05, 4.69) is 5.32 Å². The summed E-state index contributed by atoms with van der Waals surface area (Å²) in [7, 11) is 0. The summed E-state index contributed by atoms with van der Waals surface area (Å²) >= 11 is 1.63. The van der Waals surface area contributed by atoms with Crippen molar-refractivity contribution in [2.45, 2.75) is 19.8 Å². The molecule has 0 aliphatic heterocycles. The highest BCUT2D eigenvalue weighted by molar-refractivity contribution is 7.13. The van der Waals surface area contributed by atoms with Crippen LogP contribution in [-0.4, -0.2) is 18.5 Å². The first-order valence-corrected chi connectivity index (χ1v) is 9.94. The van der Waals surface area contributed by atoms with Gasteiger partial charge in [0.15, 0.2) is 0 Å². The summed E-state index contributed by atoms with van der Waals surface area (Å²) in [5.41, 5.74) is 9.64. The third kappa shape index (κ3) is 4.98. The number of anilines is 2. The van der Waals surface area contributed by atoms with Crippen molar-refractivity contribution in [1.29, 1.82) is 0 Å². The second kappa shape index (κ2) is 9.19. The van der Waals surface area contributed by atoms with Crippen LogP contribution in [0.4, 0.5) is 11.4 Å². The monoisotopic (exact) mass is 394 g/mol. The molecular formula is C22H22N2O3S. The smallest absolute Gasteiger partial charge is 0.306 e. The molecule has 0 atom stereocenters. The number of nitrogens with two attached hydrogens (primary N) is 1. The first kappa shape index (κ1) is 19.6. The molecule has 28 heavy (non-hydrogen) atoms. The minimum absolute atomic E-state index is 0.217. The van der Waals surface area contributed by atoms with Crippen molar-refractivity contribution >= 4 is 34.6 Å². The summed E-state index contributed by atoms with van der Waals surface area (Å²) in [4.78, 5) is 25.1. The molecule has 1 amide bonds. The Morgan fingerprint density at radius 2 is 1.89 bits per heavy atom. The Morgan fingerprint density at radius 1 is 1.11 bits per heavy atom. The molecule has 0 aliphatic carbocycles. The Kier molecular flexibility index (Phi) is 6.45. The SMILES string of the molecule is CCOC(=O)CCc1ccc(C(=O)Nc2cc(-c3cccs3)ccc2N)cc1. The Balaban J connectivity index is 1.66. The average Bonchev–Trinajstić information content (AvgIpc) is 3.23. The number of esters is 1. The maximum absolute atomic E-state index is 12.6. The maximum atomic E-state index is 12.6. The summed E-state index contributed by atoms with van der Waals surface area (Å²) in [6, 6.07) is 16.8. The molecule has 3 N–H and O–H groups in total. The summed E-state index contributed by atoms with van der Waals surface area (Å²) < 4.78 is 4.93. The van der Waals surface area contributed by atoms with Gasteiger partial charge in [-0.1, -0.05) is 24.3 Å². The van der Waals surface area contributed by atoms with Crippen LogP contribution in [0.5, 0.6) is 0 Å². The minimum Gasteiger partial charge on any atom is -0.466 e. The van der Waals surface area contributed by atoms with Crippen molar-refractivity contribution in [2.24, 2.45) is 0 Å². The van der Waals surface area contributed by atoms with E-state index in [1.807, 2.05) is 41.8 Å². The summed E-state index contributed by atoms with van der Waals surface area (Å²) in [6.07, 6.45) is 0.905. The molecule has 0 saturated heterocycles. The van der Waals surface area contributed by atoms with Crippen molar-refractivity contribution in [1.82, 2.24) is 0 Å². The van der Waals surface area contributed by atoms with E-state index in [9.17, 15) is 9.59 Å². The molecule has 1 heterocycles. The number of rotatable bonds is 7. The fourth-order valence-electron chi connectivity index (χ4n) is 2.76. The lowest BCUT2D eigenvalue weighted by atomic mass is 10.1. The van der Waals surface area contributed by atoms with Gasteiger partial charge in [0.1, 0.15) is 0 Å².